The van der Waals surface area contributed by atoms with Gasteiger partial charge in [0, 0.05) is 10.9 Å². The maximum atomic E-state index is 5.60. The second-order valence-electron chi connectivity index (χ2n) is 5.07. The number of benzene rings is 2. The fraction of sp³-hybridized carbons (Fsp3) is 0.150. The van der Waals surface area contributed by atoms with Crippen LogP contribution in [-0.4, -0.2) is 18.7 Å². The Hall–Kier alpha value is -2.81. The summed E-state index contributed by atoms with van der Waals surface area (Å²) in [7, 11) is 1.66. The lowest BCUT2D eigenvalue weighted by molar-refractivity contribution is 0.310. The number of hydrogen-bond donors (Lipinski definition) is 0. The summed E-state index contributed by atoms with van der Waals surface area (Å²) >= 11 is 0. The molecule has 0 bridgehead atoms. The number of rotatable bonds is 5. The lowest BCUT2D eigenvalue weighted by Crippen LogP contribution is -1.96. The van der Waals surface area contributed by atoms with Gasteiger partial charge in [0.15, 0.2) is 11.5 Å². The molecule has 0 unspecified atom stereocenters. The topological polar surface area (TPSA) is 31.4 Å². The standard InChI is InChI=1S/C20H19NO2/c1-3-23-19-10-6-8-16(20(19)22-2)12-14-17-13-11-15-7-4-5-9-18(15)21-17/h4-14H,3H2,1-2H3/b14-12+. The van der Waals surface area contributed by atoms with Gasteiger partial charge in [-0.2, -0.15) is 0 Å². The molecule has 23 heavy (non-hydrogen) atoms. The Bertz CT molecular complexity index is 840. The zero-order valence-corrected chi connectivity index (χ0v) is 13.3. The monoisotopic (exact) mass is 305 g/mol. The molecular weight excluding hydrogens is 286 g/mol. The predicted molar refractivity (Wildman–Crippen MR) is 94.8 cm³/mol. The predicted octanol–water partition coefficient (Wildman–Crippen LogP) is 4.81. The first-order valence-corrected chi connectivity index (χ1v) is 7.65. The Morgan fingerprint density at radius 1 is 0.957 bits per heavy atom. The first-order chi connectivity index (χ1) is 11.3. The van der Waals surface area contributed by atoms with Gasteiger partial charge in [-0.3, -0.25) is 0 Å². The second-order valence-corrected chi connectivity index (χ2v) is 5.07. The van der Waals surface area contributed by atoms with Crippen LogP contribution in [0.2, 0.25) is 0 Å². The third-order valence-electron chi connectivity index (χ3n) is 3.57. The average molecular weight is 305 g/mol. The van der Waals surface area contributed by atoms with Crippen LogP contribution in [0.1, 0.15) is 18.2 Å². The van der Waals surface area contributed by atoms with E-state index < -0.39 is 0 Å². The largest absolute Gasteiger partial charge is 0.492 e. The van der Waals surface area contributed by atoms with Gasteiger partial charge in [0.25, 0.3) is 0 Å². The van der Waals surface area contributed by atoms with Gasteiger partial charge < -0.3 is 9.47 Å². The molecule has 1 heterocycles. The molecule has 116 valence electrons. The van der Waals surface area contributed by atoms with Crippen LogP contribution in [0.3, 0.4) is 0 Å². The Labute approximate surface area is 136 Å². The van der Waals surface area contributed by atoms with Crippen LogP contribution in [-0.2, 0) is 0 Å². The molecule has 2 aromatic carbocycles. The molecule has 0 aliphatic carbocycles. The number of ether oxygens (including phenoxy) is 2. The normalized spacial score (nSPS) is 11.0. The molecule has 0 saturated carbocycles. The first-order valence-electron chi connectivity index (χ1n) is 7.65. The average Bonchev–Trinajstić information content (AvgIpc) is 2.60. The molecule has 3 rings (SSSR count). The SMILES string of the molecule is CCOc1cccc(/C=C/c2ccc3ccccc3n2)c1OC. The van der Waals surface area contributed by atoms with Crippen LogP contribution in [0.5, 0.6) is 11.5 Å². The van der Waals surface area contributed by atoms with Crippen molar-refractivity contribution < 1.29 is 9.47 Å². The van der Waals surface area contributed by atoms with Crippen LogP contribution in [0.4, 0.5) is 0 Å². The quantitative estimate of drug-likeness (QED) is 0.677. The molecule has 0 fully saturated rings. The van der Waals surface area contributed by atoms with Crippen molar-refractivity contribution >= 4 is 23.1 Å². The van der Waals surface area contributed by atoms with Crippen LogP contribution in [0, 0.1) is 0 Å². The smallest absolute Gasteiger partial charge is 0.167 e. The van der Waals surface area contributed by atoms with Gasteiger partial charge in [0.05, 0.1) is 24.9 Å². The van der Waals surface area contributed by atoms with Crippen molar-refractivity contribution in [3.8, 4) is 11.5 Å². The lowest BCUT2D eigenvalue weighted by Gasteiger charge is -2.11. The minimum absolute atomic E-state index is 0.607. The number of aromatic nitrogens is 1. The van der Waals surface area contributed by atoms with Crippen LogP contribution in [0.25, 0.3) is 23.1 Å². The lowest BCUT2D eigenvalue weighted by atomic mass is 10.1. The van der Waals surface area contributed by atoms with Crippen molar-refractivity contribution in [3.05, 3.63) is 65.9 Å². The number of nitrogens with zero attached hydrogens (tertiary/aromatic N) is 1. The summed E-state index contributed by atoms with van der Waals surface area (Å²) in [6, 6.07) is 18.1. The number of methoxy groups -OCH3 is 1. The number of fused-ring (bicyclic) bond motifs is 1. The van der Waals surface area contributed by atoms with Crippen LogP contribution < -0.4 is 9.47 Å². The molecule has 0 radical (unpaired) electrons. The van der Waals surface area contributed by atoms with Gasteiger partial charge in [0.1, 0.15) is 0 Å². The summed E-state index contributed by atoms with van der Waals surface area (Å²) in [5, 5.41) is 1.14. The summed E-state index contributed by atoms with van der Waals surface area (Å²) < 4.78 is 11.1. The summed E-state index contributed by atoms with van der Waals surface area (Å²) in [6.45, 7) is 2.57. The third-order valence-corrected chi connectivity index (χ3v) is 3.57. The van der Waals surface area contributed by atoms with E-state index in [9.17, 15) is 0 Å². The van der Waals surface area contributed by atoms with Crippen molar-refractivity contribution in [2.24, 2.45) is 0 Å². The molecule has 1 aromatic heterocycles. The highest BCUT2D eigenvalue weighted by atomic mass is 16.5. The van der Waals surface area contributed by atoms with E-state index in [0.717, 1.165) is 33.7 Å². The minimum Gasteiger partial charge on any atom is -0.492 e. The highest BCUT2D eigenvalue weighted by molar-refractivity contribution is 5.81. The van der Waals surface area contributed by atoms with Gasteiger partial charge in [-0.1, -0.05) is 36.4 Å². The summed E-state index contributed by atoms with van der Waals surface area (Å²) in [5.74, 6) is 1.50. The maximum absolute atomic E-state index is 5.60. The van der Waals surface area contributed by atoms with E-state index in [1.165, 1.54) is 0 Å². The van der Waals surface area contributed by atoms with Gasteiger partial charge >= 0.3 is 0 Å². The number of hydrogen-bond acceptors (Lipinski definition) is 3. The van der Waals surface area contributed by atoms with Crippen molar-refractivity contribution in [2.75, 3.05) is 13.7 Å². The molecule has 0 atom stereocenters. The van der Waals surface area contributed by atoms with E-state index in [0.29, 0.717) is 6.61 Å². The molecule has 0 aliphatic rings. The zero-order chi connectivity index (χ0) is 16.1. The summed E-state index contributed by atoms with van der Waals surface area (Å²) in [4.78, 5) is 4.65. The van der Waals surface area contributed by atoms with Gasteiger partial charge in [-0.05, 0) is 37.3 Å². The molecule has 3 heteroatoms. The summed E-state index contributed by atoms with van der Waals surface area (Å²) in [6.07, 6.45) is 3.98. The Morgan fingerprint density at radius 3 is 2.65 bits per heavy atom. The molecule has 0 aliphatic heterocycles. The van der Waals surface area contributed by atoms with E-state index in [-0.39, 0.29) is 0 Å². The van der Waals surface area contributed by atoms with E-state index >= 15 is 0 Å². The van der Waals surface area contributed by atoms with Gasteiger partial charge in [-0.25, -0.2) is 4.98 Å². The van der Waals surface area contributed by atoms with E-state index in [1.54, 1.807) is 7.11 Å². The maximum Gasteiger partial charge on any atom is 0.167 e. The zero-order valence-electron chi connectivity index (χ0n) is 13.3. The van der Waals surface area contributed by atoms with Crippen LogP contribution >= 0.6 is 0 Å². The highest BCUT2D eigenvalue weighted by Crippen LogP contribution is 2.32. The Kier molecular flexibility index (Phi) is 4.57. The van der Waals surface area contributed by atoms with Gasteiger partial charge in [0.2, 0.25) is 0 Å². The fourth-order valence-electron chi connectivity index (χ4n) is 2.50. The minimum atomic E-state index is 0.607. The molecule has 3 aromatic rings. The van der Waals surface area contributed by atoms with Crippen molar-refractivity contribution in [1.29, 1.82) is 0 Å². The van der Waals surface area contributed by atoms with E-state index in [1.807, 2.05) is 61.5 Å². The first kappa shape index (κ1) is 15.1. The second kappa shape index (κ2) is 6.97. The molecule has 3 nitrogen and oxygen atoms in total. The van der Waals surface area contributed by atoms with Crippen molar-refractivity contribution in [2.45, 2.75) is 6.92 Å². The number of pyridine rings is 1. The molecule has 0 spiro atoms. The van der Waals surface area contributed by atoms with Crippen molar-refractivity contribution in [1.82, 2.24) is 4.98 Å². The molecular formula is C20H19NO2. The summed E-state index contributed by atoms with van der Waals surface area (Å²) in [5.41, 5.74) is 2.87. The van der Waals surface area contributed by atoms with E-state index in [2.05, 4.69) is 17.1 Å². The highest BCUT2D eigenvalue weighted by Gasteiger charge is 2.07. The molecule has 0 saturated heterocycles. The number of para-hydroxylation sites is 2. The Morgan fingerprint density at radius 2 is 1.83 bits per heavy atom. The Balaban J connectivity index is 1.93. The third kappa shape index (κ3) is 3.34. The van der Waals surface area contributed by atoms with Gasteiger partial charge in [-0.15, -0.1) is 0 Å². The fourth-order valence-corrected chi connectivity index (χ4v) is 2.50. The van der Waals surface area contributed by atoms with E-state index in [4.69, 9.17) is 9.47 Å². The molecule has 0 amide bonds. The van der Waals surface area contributed by atoms with Crippen molar-refractivity contribution in [3.63, 3.8) is 0 Å². The molecule has 0 N–H and O–H groups in total. The van der Waals surface area contributed by atoms with Crippen LogP contribution in [0.15, 0.2) is 54.6 Å².